The molecule has 0 spiro atoms. The summed E-state index contributed by atoms with van der Waals surface area (Å²) in [4.78, 5) is 5.42. The summed E-state index contributed by atoms with van der Waals surface area (Å²) in [6.07, 6.45) is 1.81. The Morgan fingerprint density at radius 1 is 1.26 bits per heavy atom. The molecule has 1 aromatic carbocycles. The molecule has 1 N–H and O–H groups in total. The number of thiazole rings is 1. The number of sulfonamides is 1. The second-order valence-electron chi connectivity index (χ2n) is 4.13. The predicted octanol–water partition coefficient (Wildman–Crippen LogP) is 2.01. The van der Waals surface area contributed by atoms with Crippen molar-refractivity contribution in [2.45, 2.75) is 11.4 Å². The van der Waals surface area contributed by atoms with E-state index in [0.29, 0.717) is 11.4 Å². The molecule has 0 fully saturated rings. The number of hydrogen-bond donors (Lipinski definition) is 1. The third-order valence-electron chi connectivity index (χ3n) is 2.58. The van der Waals surface area contributed by atoms with Crippen molar-refractivity contribution in [1.29, 1.82) is 0 Å². The van der Waals surface area contributed by atoms with E-state index < -0.39 is 10.0 Å². The molecule has 5 nitrogen and oxygen atoms in total. The minimum Gasteiger partial charge on any atom is -0.380 e. The van der Waals surface area contributed by atoms with Crippen molar-refractivity contribution in [3.63, 3.8) is 0 Å². The van der Waals surface area contributed by atoms with Crippen molar-refractivity contribution in [2.75, 3.05) is 19.4 Å². The fraction of sp³-hybridized carbons (Fsp3) is 0.250. The zero-order valence-corrected chi connectivity index (χ0v) is 12.3. The average Bonchev–Trinajstić information content (AvgIpc) is 2.90. The molecule has 1 heterocycles. The van der Waals surface area contributed by atoms with Crippen LogP contribution in [0.2, 0.25) is 0 Å². The molecular formula is C12H15N3O2S2. The molecule has 0 atom stereocenters. The molecule has 1 aromatic heterocycles. The van der Waals surface area contributed by atoms with Crippen LogP contribution in [-0.4, -0.2) is 31.8 Å². The van der Waals surface area contributed by atoms with Crippen molar-refractivity contribution < 1.29 is 8.42 Å². The molecule has 2 rings (SSSR count). The Labute approximate surface area is 117 Å². The van der Waals surface area contributed by atoms with Gasteiger partial charge in [-0.2, -0.15) is 0 Å². The van der Waals surface area contributed by atoms with Gasteiger partial charge in [-0.05, 0) is 24.3 Å². The lowest BCUT2D eigenvalue weighted by Gasteiger charge is -2.12. The Bertz CT molecular complexity index is 620. The Kier molecular flexibility index (Phi) is 4.18. The Balaban J connectivity index is 2.07. The number of aromatic nitrogens is 1. The number of hydrogen-bond acceptors (Lipinski definition) is 5. The second-order valence-corrected chi connectivity index (χ2v) is 7.26. The molecule has 0 aliphatic heterocycles. The maximum atomic E-state index is 11.9. The summed E-state index contributed by atoms with van der Waals surface area (Å²) < 4.78 is 25.0. The van der Waals surface area contributed by atoms with E-state index in [1.807, 2.05) is 6.20 Å². The normalized spacial score (nSPS) is 11.7. The molecule has 102 valence electrons. The number of rotatable bonds is 5. The SMILES string of the molecule is CN(C)S(=O)(=O)c1ccc(NCc2cncs2)cc1. The first-order chi connectivity index (χ1) is 9.00. The van der Waals surface area contributed by atoms with Gasteiger partial charge in [0, 0.05) is 30.9 Å². The van der Waals surface area contributed by atoms with Gasteiger partial charge in [-0.3, -0.25) is 4.98 Å². The van der Waals surface area contributed by atoms with Crippen LogP contribution in [0.15, 0.2) is 40.9 Å². The van der Waals surface area contributed by atoms with Crippen molar-refractivity contribution in [3.8, 4) is 0 Å². The van der Waals surface area contributed by atoms with Crippen LogP contribution in [0.1, 0.15) is 4.88 Å². The van der Waals surface area contributed by atoms with E-state index in [4.69, 9.17) is 0 Å². The third kappa shape index (κ3) is 3.31. The highest BCUT2D eigenvalue weighted by atomic mass is 32.2. The zero-order valence-electron chi connectivity index (χ0n) is 10.7. The van der Waals surface area contributed by atoms with Gasteiger partial charge in [0.15, 0.2) is 0 Å². The molecule has 0 aliphatic rings. The minimum atomic E-state index is -3.35. The van der Waals surface area contributed by atoms with Gasteiger partial charge in [0.2, 0.25) is 10.0 Å². The Hall–Kier alpha value is -1.44. The van der Waals surface area contributed by atoms with Crippen LogP contribution in [0.3, 0.4) is 0 Å². The van der Waals surface area contributed by atoms with E-state index in [9.17, 15) is 8.42 Å². The lowest BCUT2D eigenvalue weighted by atomic mass is 10.3. The standard InChI is InChI=1S/C12H15N3O2S2/c1-15(2)19(16,17)12-5-3-10(4-6-12)14-8-11-7-13-9-18-11/h3-7,9,14H,8H2,1-2H3. The average molecular weight is 297 g/mol. The van der Waals surface area contributed by atoms with E-state index in [1.165, 1.54) is 18.4 Å². The molecule has 0 amide bonds. The van der Waals surface area contributed by atoms with Crippen LogP contribution in [-0.2, 0) is 16.6 Å². The highest BCUT2D eigenvalue weighted by molar-refractivity contribution is 7.89. The Morgan fingerprint density at radius 3 is 2.47 bits per heavy atom. The topological polar surface area (TPSA) is 62.3 Å². The molecule has 0 unspecified atom stereocenters. The van der Waals surface area contributed by atoms with Gasteiger partial charge >= 0.3 is 0 Å². The fourth-order valence-corrected chi connectivity index (χ4v) is 2.91. The molecule has 0 aliphatic carbocycles. The van der Waals surface area contributed by atoms with E-state index in [0.717, 1.165) is 10.6 Å². The molecule has 0 saturated heterocycles. The summed E-state index contributed by atoms with van der Waals surface area (Å²) in [5.74, 6) is 0. The monoisotopic (exact) mass is 297 g/mol. The summed E-state index contributed by atoms with van der Waals surface area (Å²) in [7, 11) is -0.316. The van der Waals surface area contributed by atoms with Crippen molar-refractivity contribution in [1.82, 2.24) is 9.29 Å². The second kappa shape index (κ2) is 5.68. The highest BCUT2D eigenvalue weighted by Crippen LogP contribution is 2.17. The smallest absolute Gasteiger partial charge is 0.242 e. The van der Waals surface area contributed by atoms with Crippen LogP contribution in [0.4, 0.5) is 5.69 Å². The van der Waals surface area contributed by atoms with Crippen LogP contribution < -0.4 is 5.32 Å². The number of nitrogens with one attached hydrogen (secondary N) is 1. The predicted molar refractivity (Wildman–Crippen MR) is 76.8 cm³/mol. The molecule has 7 heteroatoms. The first-order valence-electron chi connectivity index (χ1n) is 5.64. The third-order valence-corrected chi connectivity index (χ3v) is 5.19. The van der Waals surface area contributed by atoms with Crippen LogP contribution >= 0.6 is 11.3 Å². The maximum absolute atomic E-state index is 11.9. The van der Waals surface area contributed by atoms with E-state index in [1.54, 1.807) is 41.1 Å². The molecular weight excluding hydrogens is 282 g/mol. The van der Waals surface area contributed by atoms with Gasteiger partial charge in [-0.1, -0.05) is 0 Å². The molecule has 19 heavy (non-hydrogen) atoms. The van der Waals surface area contributed by atoms with Gasteiger partial charge in [0.05, 0.1) is 17.0 Å². The lowest BCUT2D eigenvalue weighted by Crippen LogP contribution is -2.22. The van der Waals surface area contributed by atoms with Gasteiger partial charge < -0.3 is 5.32 Å². The summed E-state index contributed by atoms with van der Waals surface area (Å²) in [6, 6.07) is 6.73. The van der Waals surface area contributed by atoms with Crippen molar-refractivity contribution in [2.24, 2.45) is 0 Å². The minimum absolute atomic E-state index is 0.292. The maximum Gasteiger partial charge on any atom is 0.242 e. The number of nitrogens with zero attached hydrogens (tertiary/aromatic N) is 2. The molecule has 0 saturated carbocycles. The van der Waals surface area contributed by atoms with Crippen molar-refractivity contribution in [3.05, 3.63) is 40.8 Å². The van der Waals surface area contributed by atoms with Gasteiger partial charge in [0.1, 0.15) is 0 Å². The van der Waals surface area contributed by atoms with Crippen molar-refractivity contribution >= 4 is 27.0 Å². The lowest BCUT2D eigenvalue weighted by molar-refractivity contribution is 0.521. The Morgan fingerprint density at radius 2 is 1.95 bits per heavy atom. The summed E-state index contributed by atoms with van der Waals surface area (Å²) in [5, 5.41) is 3.22. The molecule has 2 aromatic rings. The van der Waals surface area contributed by atoms with Gasteiger partial charge in [-0.25, -0.2) is 12.7 Å². The quantitative estimate of drug-likeness (QED) is 0.917. The first-order valence-corrected chi connectivity index (χ1v) is 7.96. The van der Waals surface area contributed by atoms with Crippen LogP contribution in [0, 0.1) is 0 Å². The van der Waals surface area contributed by atoms with Crippen LogP contribution in [0.5, 0.6) is 0 Å². The summed E-state index contributed by atoms with van der Waals surface area (Å²) >= 11 is 1.58. The van der Waals surface area contributed by atoms with Gasteiger partial charge in [-0.15, -0.1) is 11.3 Å². The zero-order chi connectivity index (χ0) is 13.9. The highest BCUT2D eigenvalue weighted by Gasteiger charge is 2.16. The van der Waals surface area contributed by atoms with E-state index in [-0.39, 0.29) is 0 Å². The summed E-state index contributed by atoms with van der Waals surface area (Å²) in [6.45, 7) is 0.685. The fourth-order valence-electron chi connectivity index (χ4n) is 1.47. The largest absolute Gasteiger partial charge is 0.380 e. The van der Waals surface area contributed by atoms with Gasteiger partial charge in [0.25, 0.3) is 0 Å². The number of benzene rings is 1. The summed E-state index contributed by atoms with van der Waals surface area (Å²) in [5.41, 5.74) is 2.66. The molecule has 0 radical (unpaired) electrons. The van der Waals surface area contributed by atoms with E-state index in [2.05, 4.69) is 10.3 Å². The first kappa shape index (κ1) is 14.0. The van der Waals surface area contributed by atoms with Crippen LogP contribution in [0.25, 0.3) is 0 Å². The molecule has 0 bridgehead atoms. The van der Waals surface area contributed by atoms with E-state index >= 15 is 0 Å². The number of anilines is 1.